The van der Waals surface area contributed by atoms with Gasteiger partial charge in [0.2, 0.25) is 0 Å². The third kappa shape index (κ3) is 4.68. The minimum atomic E-state index is -0.343. The van der Waals surface area contributed by atoms with Crippen LogP contribution in [0.3, 0.4) is 0 Å². The third-order valence-electron chi connectivity index (χ3n) is 2.70. The Morgan fingerprint density at radius 2 is 1.91 bits per heavy atom. The largest absolute Gasteiger partial charge is 0.508 e. The van der Waals surface area contributed by atoms with Crippen molar-refractivity contribution in [2.45, 2.75) is 0 Å². The number of nitrogens with zero attached hydrogens (tertiary/aromatic N) is 1. The molecule has 114 valence electrons. The molecule has 2 aromatic rings. The van der Waals surface area contributed by atoms with Crippen molar-refractivity contribution in [2.24, 2.45) is 5.10 Å². The standard InChI is InChI=1S/C15H14ClN3O3/c16-11-2-4-12(5-3-11)17-9-15(22)19-18-8-10-1-6-13(20)7-14(10)21/h1-8,17,20-21H,9H2,(H,19,22). The van der Waals surface area contributed by atoms with Gasteiger partial charge in [0, 0.05) is 22.3 Å². The minimum absolute atomic E-state index is 0.0422. The van der Waals surface area contributed by atoms with Crippen molar-refractivity contribution >= 4 is 29.4 Å². The highest BCUT2D eigenvalue weighted by molar-refractivity contribution is 6.30. The maximum atomic E-state index is 11.6. The molecule has 1 amide bonds. The summed E-state index contributed by atoms with van der Waals surface area (Å²) in [6.07, 6.45) is 1.29. The maximum absolute atomic E-state index is 11.6. The van der Waals surface area contributed by atoms with Crippen LogP contribution in [-0.2, 0) is 4.79 Å². The number of benzene rings is 2. The second kappa shape index (κ2) is 7.33. The van der Waals surface area contributed by atoms with Crippen LogP contribution < -0.4 is 10.7 Å². The summed E-state index contributed by atoms with van der Waals surface area (Å²) >= 11 is 5.76. The minimum Gasteiger partial charge on any atom is -0.508 e. The molecule has 0 aliphatic carbocycles. The fourth-order valence-electron chi connectivity index (χ4n) is 1.60. The maximum Gasteiger partial charge on any atom is 0.259 e. The van der Waals surface area contributed by atoms with E-state index in [4.69, 9.17) is 16.7 Å². The lowest BCUT2D eigenvalue weighted by Gasteiger charge is -2.05. The lowest BCUT2D eigenvalue weighted by atomic mass is 10.2. The van der Waals surface area contributed by atoms with Crippen LogP contribution in [0.1, 0.15) is 5.56 Å². The van der Waals surface area contributed by atoms with Gasteiger partial charge in [-0.15, -0.1) is 0 Å². The molecule has 0 bridgehead atoms. The van der Waals surface area contributed by atoms with Crippen molar-refractivity contribution in [1.82, 2.24) is 5.43 Å². The summed E-state index contributed by atoms with van der Waals surface area (Å²) in [5.74, 6) is -0.521. The van der Waals surface area contributed by atoms with Gasteiger partial charge in [-0.3, -0.25) is 4.79 Å². The summed E-state index contributed by atoms with van der Waals surface area (Å²) < 4.78 is 0. The van der Waals surface area contributed by atoms with Crippen LogP contribution in [-0.4, -0.2) is 28.9 Å². The van der Waals surface area contributed by atoms with Crippen LogP contribution >= 0.6 is 11.6 Å². The summed E-state index contributed by atoms with van der Waals surface area (Å²) in [4.78, 5) is 11.6. The normalized spacial score (nSPS) is 10.6. The summed E-state index contributed by atoms with van der Waals surface area (Å²) in [6.45, 7) is 0.0422. The molecular weight excluding hydrogens is 306 g/mol. The van der Waals surface area contributed by atoms with E-state index in [1.54, 1.807) is 24.3 Å². The van der Waals surface area contributed by atoms with Crippen molar-refractivity contribution in [3.63, 3.8) is 0 Å². The molecule has 22 heavy (non-hydrogen) atoms. The number of aromatic hydroxyl groups is 2. The molecule has 6 nitrogen and oxygen atoms in total. The number of carbonyl (C=O) groups excluding carboxylic acids is 1. The highest BCUT2D eigenvalue weighted by atomic mass is 35.5. The Labute approximate surface area is 132 Å². The van der Waals surface area contributed by atoms with Gasteiger partial charge in [-0.2, -0.15) is 5.10 Å². The van der Waals surface area contributed by atoms with E-state index in [0.717, 1.165) is 5.69 Å². The first-order valence-electron chi connectivity index (χ1n) is 6.38. The van der Waals surface area contributed by atoms with Crippen LogP contribution in [0.4, 0.5) is 5.69 Å². The second-order valence-corrected chi connectivity index (χ2v) is 4.83. The van der Waals surface area contributed by atoms with Crippen LogP contribution in [0.2, 0.25) is 5.02 Å². The fourth-order valence-corrected chi connectivity index (χ4v) is 1.73. The number of phenols is 2. The van der Waals surface area contributed by atoms with Gasteiger partial charge in [0.25, 0.3) is 5.91 Å². The van der Waals surface area contributed by atoms with Crippen molar-refractivity contribution < 1.29 is 15.0 Å². The zero-order valence-electron chi connectivity index (χ0n) is 11.5. The third-order valence-corrected chi connectivity index (χ3v) is 2.96. The number of amides is 1. The number of nitrogens with one attached hydrogen (secondary N) is 2. The fraction of sp³-hybridized carbons (Fsp3) is 0.0667. The number of hydrogen-bond donors (Lipinski definition) is 4. The number of rotatable bonds is 5. The van der Waals surface area contributed by atoms with Gasteiger partial charge in [0.1, 0.15) is 11.5 Å². The highest BCUT2D eigenvalue weighted by Crippen LogP contribution is 2.20. The van der Waals surface area contributed by atoms with Crippen LogP contribution in [0.15, 0.2) is 47.6 Å². The summed E-state index contributed by atoms with van der Waals surface area (Å²) in [6, 6.07) is 11.0. The summed E-state index contributed by atoms with van der Waals surface area (Å²) in [5, 5.41) is 26.0. The van der Waals surface area contributed by atoms with E-state index in [0.29, 0.717) is 10.6 Å². The Morgan fingerprint density at radius 3 is 2.59 bits per heavy atom. The van der Waals surface area contributed by atoms with Gasteiger partial charge >= 0.3 is 0 Å². The van der Waals surface area contributed by atoms with Gasteiger partial charge in [0.15, 0.2) is 0 Å². The lowest BCUT2D eigenvalue weighted by molar-refractivity contribution is -0.119. The number of carbonyl (C=O) groups is 1. The molecule has 0 heterocycles. The Hall–Kier alpha value is -2.73. The molecule has 0 saturated heterocycles. The molecular formula is C15H14ClN3O3. The van der Waals surface area contributed by atoms with Gasteiger partial charge < -0.3 is 15.5 Å². The number of phenolic OH excluding ortho intramolecular Hbond substituents is 2. The van der Waals surface area contributed by atoms with E-state index < -0.39 is 0 Å². The average Bonchev–Trinajstić information content (AvgIpc) is 2.49. The Kier molecular flexibility index (Phi) is 5.21. The molecule has 2 rings (SSSR count). The molecule has 0 saturated carbocycles. The number of anilines is 1. The SMILES string of the molecule is O=C(CNc1ccc(Cl)cc1)NN=Cc1ccc(O)cc1O. The highest BCUT2D eigenvalue weighted by Gasteiger charge is 2.01. The van der Waals surface area contributed by atoms with Crippen molar-refractivity contribution in [3.05, 3.63) is 53.1 Å². The van der Waals surface area contributed by atoms with Crippen molar-refractivity contribution in [2.75, 3.05) is 11.9 Å². The number of hydrogen-bond acceptors (Lipinski definition) is 5. The lowest BCUT2D eigenvalue weighted by Crippen LogP contribution is -2.25. The Morgan fingerprint density at radius 1 is 1.18 bits per heavy atom. The quantitative estimate of drug-likeness (QED) is 0.502. The Bertz CT molecular complexity index is 687. The van der Waals surface area contributed by atoms with E-state index in [2.05, 4.69) is 15.8 Å². The van der Waals surface area contributed by atoms with Crippen molar-refractivity contribution in [3.8, 4) is 11.5 Å². The van der Waals surface area contributed by atoms with E-state index in [-0.39, 0.29) is 24.0 Å². The van der Waals surface area contributed by atoms with Crippen LogP contribution in [0, 0.1) is 0 Å². The summed E-state index contributed by atoms with van der Waals surface area (Å²) in [5.41, 5.74) is 3.47. The smallest absolute Gasteiger partial charge is 0.259 e. The molecule has 0 fully saturated rings. The van der Waals surface area contributed by atoms with Gasteiger partial charge in [0.05, 0.1) is 12.8 Å². The molecule has 0 spiro atoms. The topological polar surface area (TPSA) is 94.0 Å². The van der Waals surface area contributed by atoms with Crippen molar-refractivity contribution in [1.29, 1.82) is 0 Å². The first kappa shape index (κ1) is 15.7. The molecule has 0 radical (unpaired) electrons. The summed E-state index contributed by atoms with van der Waals surface area (Å²) in [7, 11) is 0. The molecule has 4 N–H and O–H groups in total. The van der Waals surface area contributed by atoms with Crippen LogP contribution in [0.25, 0.3) is 0 Å². The second-order valence-electron chi connectivity index (χ2n) is 4.40. The predicted octanol–water partition coefficient (Wildman–Crippen LogP) is 2.31. The molecule has 0 aromatic heterocycles. The van der Waals surface area contributed by atoms with E-state index in [1.807, 2.05) is 0 Å². The zero-order chi connectivity index (χ0) is 15.9. The molecule has 0 aliphatic rings. The van der Waals surface area contributed by atoms with E-state index in [9.17, 15) is 9.90 Å². The Balaban J connectivity index is 1.82. The molecule has 0 atom stereocenters. The number of hydrazone groups is 1. The average molecular weight is 320 g/mol. The van der Waals surface area contributed by atoms with Gasteiger partial charge in [-0.1, -0.05) is 11.6 Å². The molecule has 2 aromatic carbocycles. The molecule has 0 unspecified atom stereocenters. The zero-order valence-corrected chi connectivity index (χ0v) is 12.2. The van der Waals surface area contributed by atoms with Crippen LogP contribution in [0.5, 0.6) is 11.5 Å². The van der Waals surface area contributed by atoms with E-state index >= 15 is 0 Å². The van der Waals surface area contributed by atoms with Gasteiger partial charge in [-0.25, -0.2) is 5.43 Å². The molecule has 7 heteroatoms. The molecule has 0 aliphatic heterocycles. The predicted molar refractivity (Wildman–Crippen MR) is 85.5 cm³/mol. The first-order valence-corrected chi connectivity index (χ1v) is 6.76. The number of halogens is 1. The monoisotopic (exact) mass is 319 g/mol. The first-order chi connectivity index (χ1) is 10.5. The van der Waals surface area contributed by atoms with E-state index in [1.165, 1.54) is 24.4 Å². The van der Waals surface area contributed by atoms with Gasteiger partial charge in [-0.05, 0) is 36.4 Å².